The van der Waals surface area contributed by atoms with Gasteiger partial charge in [0, 0.05) is 44.8 Å². The van der Waals surface area contributed by atoms with Crippen LogP contribution in [0, 0.1) is 13.8 Å². The number of thiazole rings is 1. The smallest absolute Gasteiger partial charge is 0.251 e. The lowest BCUT2D eigenvalue weighted by Crippen LogP contribution is -2.48. The Labute approximate surface area is 211 Å². The van der Waals surface area contributed by atoms with E-state index in [-0.39, 0.29) is 29.0 Å². The monoisotopic (exact) mass is 522 g/mol. The standard InChI is InChI=1S/C24H30N4O3S2.ClH/c1-4-33(30,31)20-7-5-6-19(16-20)23(29)25-10-11-27-12-14-28(15-13-27)24-26-22-18(3)17(2)8-9-21(22)32-24;/h5-9,16H,4,10-15H2,1-3H3,(H,25,29);1H. The van der Waals surface area contributed by atoms with E-state index in [9.17, 15) is 13.2 Å². The van der Waals surface area contributed by atoms with Crippen molar-refractivity contribution in [3.63, 3.8) is 0 Å². The van der Waals surface area contributed by atoms with Gasteiger partial charge in [0.15, 0.2) is 15.0 Å². The fraction of sp³-hybridized carbons (Fsp3) is 0.417. The fourth-order valence-electron chi connectivity index (χ4n) is 3.94. The van der Waals surface area contributed by atoms with Crippen molar-refractivity contribution in [2.24, 2.45) is 0 Å². The number of rotatable bonds is 7. The second-order valence-corrected chi connectivity index (χ2v) is 11.7. The number of sulfone groups is 1. The van der Waals surface area contributed by atoms with Gasteiger partial charge in [-0.2, -0.15) is 0 Å². The van der Waals surface area contributed by atoms with E-state index < -0.39 is 9.84 Å². The molecule has 0 aliphatic carbocycles. The number of benzene rings is 2. The summed E-state index contributed by atoms with van der Waals surface area (Å²) in [4.78, 5) is 22.2. The fourth-order valence-corrected chi connectivity index (χ4v) is 5.94. The lowest BCUT2D eigenvalue weighted by Gasteiger charge is -2.34. The minimum atomic E-state index is -3.33. The number of carbonyl (C=O) groups is 1. The number of aromatic nitrogens is 1. The number of halogens is 1. The molecule has 0 radical (unpaired) electrons. The number of anilines is 1. The molecule has 184 valence electrons. The van der Waals surface area contributed by atoms with Crippen molar-refractivity contribution in [2.75, 3.05) is 49.9 Å². The van der Waals surface area contributed by atoms with Crippen molar-refractivity contribution < 1.29 is 13.2 Å². The van der Waals surface area contributed by atoms with Crippen molar-refractivity contribution in [3.05, 3.63) is 53.1 Å². The van der Waals surface area contributed by atoms with Crippen LogP contribution in [-0.2, 0) is 9.84 Å². The van der Waals surface area contributed by atoms with Crippen LogP contribution in [0.15, 0.2) is 41.3 Å². The minimum absolute atomic E-state index is 0. The van der Waals surface area contributed by atoms with E-state index in [0.717, 1.165) is 43.4 Å². The summed E-state index contributed by atoms with van der Waals surface area (Å²) < 4.78 is 25.4. The van der Waals surface area contributed by atoms with Gasteiger partial charge in [0.25, 0.3) is 5.91 Å². The molecule has 10 heteroatoms. The van der Waals surface area contributed by atoms with Gasteiger partial charge in [-0.1, -0.05) is 30.4 Å². The molecule has 1 aliphatic rings. The van der Waals surface area contributed by atoms with Gasteiger partial charge < -0.3 is 10.2 Å². The predicted molar refractivity (Wildman–Crippen MR) is 141 cm³/mol. The second-order valence-electron chi connectivity index (χ2n) is 8.37. The number of piperazine rings is 1. The van der Waals surface area contributed by atoms with Crippen molar-refractivity contribution in [3.8, 4) is 0 Å². The molecule has 0 bridgehead atoms. The summed E-state index contributed by atoms with van der Waals surface area (Å²) in [6.07, 6.45) is 0. The molecule has 4 rings (SSSR count). The van der Waals surface area contributed by atoms with Crippen LogP contribution < -0.4 is 10.2 Å². The molecule has 0 spiro atoms. The normalized spacial score (nSPS) is 14.7. The molecule has 7 nitrogen and oxygen atoms in total. The Bertz CT molecular complexity index is 1270. The first kappa shape index (κ1) is 26.4. The third kappa shape index (κ3) is 5.71. The summed E-state index contributed by atoms with van der Waals surface area (Å²) in [7, 11) is -3.33. The number of amides is 1. The van der Waals surface area contributed by atoms with Crippen molar-refractivity contribution in [1.82, 2.24) is 15.2 Å². The highest BCUT2D eigenvalue weighted by atomic mass is 35.5. The molecule has 0 saturated carbocycles. The third-order valence-electron chi connectivity index (χ3n) is 6.27. The van der Waals surface area contributed by atoms with Crippen LogP contribution in [0.5, 0.6) is 0 Å². The van der Waals surface area contributed by atoms with E-state index in [4.69, 9.17) is 4.98 Å². The molecule has 0 unspecified atom stereocenters. The molecule has 2 aromatic carbocycles. The summed E-state index contributed by atoms with van der Waals surface area (Å²) in [5.74, 6) is -0.234. The average molecular weight is 523 g/mol. The molecule has 1 aromatic heterocycles. The van der Waals surface area contributed by atoms with Gasteiger partial charge in [0.2, 0.25) is 0 Å². The van der Waals surface area contributed by atoms with Gasteiger partial charge in [-0.15, -0.1) is 12.4 Å². The van der Waals surface area contributed by atoms with Gasteiger partial charge in [-0.3, -0.25) is 9.69 Å². The molecular formula is C24H31ClN4O3S2. The average Bonchev–Trinajstić information content (AvgIpc) is 3.27. The summed E-state index contributed by atoms with van der Waals surface area (Å²) in [5, 5.41) is 3.99. The van der Waals surface area contributed by atoms with Crippen molar-refractivity contribution in [2.45, 2.75) is 25.7 Å². The van der Waals surface area contributed by atoms with Crippen LogP contribution >= 0.6 is 23.7 Å². The number of nitrogens with one attached hydrogen (secondary N) is 1. The predicted octanol–water partition coefficient (Wildman–Crippen LogP) is 3.68. The van der Waals surface area contributed by atoms with Gasteiger partial charge in [0.1, 0.15) is 0 Å². The Balaban J connectivity index is 0.00000324. The molecule has 0 atom stereocenters. The van der Waals surface area contributed by atoms with E-state index in [1.165, 1.54) is 28.0 Å². The molecule has 2 heterocycles. The quantitative estimate of drug-likeness (QED) is 0.509. The Morgan fingerprint density at radius 3 is 2.56 bits per heavy atom. The van der Waals surface area contributed by atoms with Gasteiger partial charge in [-0.25, -0.2) is 13.4 Å². The number of hydrogen-bond acceptors (Lipinski definition) is 7. The highest BCUT2D eigenvalue weighted by molar-refractivity contribution is 7.91. The molecule has 1 amide bonds. The minimum Gasteiger partial charge on any atom is -0.351 e. The van der Waals surface area contributed by atoms with Gasteiger partial charge >= 0.3 is 0 Å². The van der Waals surface area contributed by atoms with Crippen LogP contribution in [-0.4, -0.2) is 69.2 Å². The number of carbonyl (C=O) groups excluding carboxylic acids is 1. The van der Waals surface area contributed by atoms with Crippen LogP contribution in [0.1, 0.15) is 28.4 Å². The Hall–Kier alpha value is -2.20. The van der Waals surface area contributed by atoms with Gasteiger partial charge in [0.05, 0.1) is 20.9 Å². The number of aryl methyl sites for hydroxylation is 2. The third-order valence-corrected chi connectivity index (χ3v) is 9.08. The highest BCUT2D eigenvalue weighted by Crippen LogP contribution is 2.32. The molecule has 1 N–H and O–H groups in total. The van der Waals surface area contributed by atoms with E-state index >= 15 is 0 Å². The number of nitrogens with zero attached hydrogens (tertiary/aromatic N) is 3. The Kier molecular flexibility index (Phi) is 8.57. The van der Waals surface area contributed by atoms with Crippen LogP contribution in [0.3, 0.4) is 0 Å². The Morgan fingerprint density at radius 2 is 1.85 bits per heavy atom. The maximum atomic E-state index is 12.5. The first-order chi connectivity index (χ1) is 15.8. The maximum absolute atomic E-state index is 12.5. The van der Waals surface area contributed by atoms with Crippen LogP contribution in [0.25, 0.3) is 10.2 Å². The molecule has 1 fully saturated rings. The zero-order chi connectivity index (χ0) is 23.6. The largest absolute Gasteiger partial charge is 0.351 e. The van der Waals surface area contributed by atoms with Crippen LogP contribution in [0.4, 0.5) is 5.13 Å². The molecule has 34 heavy (non-hydrogen) atoms. The SMILES string of the molecule is CCS(=O)(=O)c1cccc(C(=O)NCCN2CCN(c3nc4c(C)c(C)ccc4s3)CC2)c1.Cl. The summed E-state index contributed by atoms with van der Waals surface area (Å²) >= 11 is 1.75. The highest BCUT2D eigenvalue weighted by Gasteiger charge is 2.21. The second kappa shape index (κ2) is 11.0. The Morgan fingerprint density at radius 1 is 1.12 bits per heavy atom. The maximum Gasteiger partial charge on any atom is 0.251 e. The molecule has 1 aliphatic heterocycles. The van der Waals surface area contributed by atoms with Gasteiger partial charge in [-0.05, 0) is 49.2 Å². The molecule has 3 aromatic rings. The topological polar surface area (TPSA) is 82.6 Å². The van der Waals surface area contributed by atoms with Crippen molar-refractivity contribution in [1.29, 1.82) is 0 Å². The van der Waals surface area contributed by atoms with E-state index in [2.05, 4.69) is 41.1 Å². The number of fused-ring (bicyclic) bond motifs is 1. The first-order valence-electron chi connectivity index (χ1n) is 11.2. The summed E-state index contributed by atoms with van der Waals surface area (Å²) in [5.41, 5.74) is 4.00. The van der Waals surface area contributed by atoms with Crippen LogP contribution in [0.2, 0.25) is 0 Å². The van der Waals surface area contributed by atoms with E-state index in [1.54, 1.807) is 30.4 Å². The zero-order valence-corrected chi connectivity index (χ0v) is 22.2. The van der Waals surface area contributed by atoms with Crippen molar-refractivity contribution >= 4 is 54.8 Å². The van der Waals surface area contributed by atoms with E-state index in [1.807, 2.05) is 0 Å². The summed E-state index contributed by atoms with van der Waals surface area (Å²) in [6, 6.07) is 10.6. The van der Waals surface area contributed by atoms with E-state index in [0.29, 0.717) is 12.1 Å². The summed E-state index contributed by atoms with van der Waals surface area (Å²) in [6.45, 7) is 10.8. The lowest BCUT2D eigenvalue weighted by atomic mass is 10.1. The number of hydrogen-bond donors (Lipinski definition) is 1. The zero-order valence-electron chi connectivity index (χ0n) is 19.7. The molecule has 1 saturated heterocycles. The molecular weight excluding hydrogens is 492 g/mol. The first-order valence-corrected chi connectivity index (χ1v) is 13.7. The lowest BCUT2D eigenvalue weighted by molar-refractivity contribution is 0.0947.